The third-order valence-electron chi connectivity index (χ3n) is 6.08. The van der Waals surface area contributed by atoms with E-state index in [2.05, 4.69) is 11.4 Å². The molecular weight excluding hydrogens is 494 g/mol. The lowest BCUT2D eigenvalue weighted by atomic mass is 10.0. The second-order valence-electron chi connectivity index (χ2n) is 8.32. The topological polar surface area (TPSA) is 80.8 Å². The molecule has 2 amide bonds. The van der Waals surface area contributed by atoms with E-state index in [9.17, 15) is 9.59 Å². The summed E-state index contributed by atoms with van der Waals surface area (Å²) < 4.78 is 11.7. The fourth-order valence-corrected chi connectivity index (χ4v) is 6.62. The average molecular weight is 520 g/mol. The number of nitrogens with one attached hydrogen (secondary N) is 1. The first-order chi connectivity index (χ1) is 17.5. The number of hydrogen-bond acceptors (Lipinski definition) is 7. The number of aromatic nitrogens is 1. The number of ether oxygens (including phenoxy) is 2. The number of nitrogens with zero attached hydrogens (tertiary/aromatic N) is 2. The first-order valence-electron chi connectivity index (χ1n) is 11.4. The molecule has 1 aliphatic heterocycles. The predicted octanol–water partition coefficient (Wildman–Crippen LogP) is 5.60. The zero-order valence-electron chi connectivity index (χ0n) is 20.2. The lowest BCUT2D eigenvalue weighted by Gasteiger charge is -2.25. The molecule has 7 nitrogen and oxygen atoms in total. The summed E-state index contributed by atoms with van der Waals surface area (Å²) >= 11 is 3.13. The summed E-state index contributed by atoms with van der Waals surface area (Å²) in [7, 11) is 3.16. The Morgan fingerprint density at radius 3 is 2.64 bits per heavy atom. The Balaban J connectivity index is 1.46. The molecule has 0 saturated carbocycles. The quantitative estimate of drug-likeness (QED) is 0.336. The molecule has 0 saturated heterocycles. The van der Waals surface area contributed by atoms with E-state index in [-0.39, 0.29) is 11.8 Å². The first-order valence-corrected chi connectivity index (χ1v) is 13.1. The minimum Gasteiger partial charge on any atom is -0.493 e. The fraction of sp³-hybridized carbons (Fsp3) is 0.222. The van der Waals surface area contributed by atoms with Gasteiger partial charge in [-0.15, -0.1) is 22.7 Å². The fourth-order valence-electron chi connectivity index (χ4n) is 4.25. The van der Waals surface area contributed by atoms with Crippen LogP contribution in [0.5, 0.6) is 11.5 Å². The number of thiophene rings is 1. The van der Waals surface area contributed by atoms with Gasteiger partial charge in [0.15, 0.2) is 11.5 Å². The van der Waals surface area contributed by atoms with Gasteiger partial charge >= 0.3 is 0 Å². The number of amides is 2. The molecule has 184 valence electrons. The van der Waals surface area contributed by atoms with Gasteiger partial charge in [0.25, 0.3) is 0 Å². The van der Waals surface area contributed by atoms with Crippen molar-refractivity contribution in [3.8, 4) is 22.1 Å². The van der Waals surface area contributed by atoms with Gasteiger partial charge in [0.05, 0.1) is 31.0 Å². The van der Waals surface area contributed by atoms with Crippen LogP contribution in [-0.2, 0) is 22.6 Å². The number of carbonyl (C=O) groups excluding carboxylic acids is 2. The zero-order chi connectivity index (χ0) is 25.2. The van der Waals surface area contributed by atoms with Gasteiger partial charge < -0.3 is 19.7 Å². The van der Waals surface area contributed by atoms with Crippen LogP contribution in [0.3, 0.4) is 0 Å². The van der Waals surface area contributed by atoms with Crippen LogP contribution in [0.4, 0.5) is 5.00 Å². The Kier molecular flexibility index (Phi) is 6.75. The van der Waals surface area contributed by atoms with Crippen molar-refractivity contribution in [3.05, 3.63) is 64.5 Å². The summed E-state index contributed by atoms with van der Waals surface area (Å²) in [5.74, 6) is 1.04. The number of para-hydroxylation sites is 1. The lowest BCUT2D eigenvalue weighted by molar-refractivity contribution is -0.129. The third-order valence-corrected chi connectivity index (χ3v) is 8.27. The van der Waals surface area contributed by atoms with Crippen LogP contribution in [0.15, 0.2) is 48.5 Å². The van der Waals surface area contributed by atoms with Crippen molar-refractivity contribution in [1.29, 1.82) is 0 Å². The van der Waals surface area contributed by atoms with E-state index in [1.54, 1.807) is 44.6 Å². The molecule has 4 aromatic rings. The molecule has 1 N–H and O–H groups in total. The third kappa shape index (κ3) is 4.72. The van der Waals surface area contributed by atoms with Gasteiger partial charge in [-0.05, 0) is 47.9 Å². The molecule has 3 heterocycles. The van der Waals surface area contributed by atoms with Crippen molar-refractivity contribution in [2.45, 2.75) is 19.9 Å². The van der Waals surface area contributed by atoms with Crippen LogP contribution in [0.1, 0.15) is 22.9 Å². The Labute approximate surface area is 217 Å². The molecule has 0 atom stereocenters. The molecule has 9 heteroatoms. The monoisotopic (exact) mass is 519 g/mol. The van der Waals surface area contributed by atoms with Gasteiger partial charge in [-0.1, -0.05) is 18.2 Å². The van der Waals surface area contributed by atoms with E-state index >= 15 is 0 Å². The van der Waals surface area contributed by atoms with Gasteiger partial charge in [-0.2, -0.15) is 0 Å². The summed E-state index contributed by atoms with van der Waals surface area (Å²) in [5.41, 5.74) is 3.88. The highest BCUT2D eigenvalue weighted by Gasteiger charge is 2.28. The smallest absolute Gasteiger partial charge is 0.249 e. The van der Waals surface area contributed by atoms with Gasteiger partial charge in [0.2, 0.25) is 11.8 Å². The summed E-state index contributed by atoms with van der Waals surface area (Å²) in [5, 5.41) is 4.71. The molecule has 2 aromatic heterocycles. The van der Waals surface area contributed by atoms with Crippen molar-refractivity contribution >= 4 is 55.8 Å². The molecule has 1 aliphatic rings. The summed E-state index contributed by atoms with van der Waals surface area (Å²) in [6, 6.07) is 13.5. The van der Waals surface area contributed by atoms with E-state index in [0.29, 0.717) is 24.6 Å². The van der Waals surface area contributed by atoms with Crippen molar-refractivity contribution in [1.82, 2.24) is 9.88 Å². The SMILES string of the molecule is COc1ccc(/C=C/C(=O)Nc2sc3c(c2-c2nc4ccccc4s2)CCN(C(C)=O)C3)cc1OC. The van der Waals surface area contributed by atoms with E-state index in [1.807, 2.05) is 35.2 Å². The van der Waals surface area contributed by atoms with Gasteiger partial charge in [-0.25, -0.2) is 4.98 Å². The molecule has 0 fully saturated rings. The average Bonchev–Trinajstić information content (AvgIpc) is 3.47. The number of carbonyl (C=O) groups is 2. The lowest BCUT2D eigenvalue weighted by Crippen LogP contribution is -2.33. The van der Waals surface area contributed by atoms with Crippen LogP contribution < -0.4 is 14.8 Å². The van der Waals surface area contributed by atoms with Crippen LogP contribution in [0, 0.1) is 0 Å². The molecule has 0 aliphatic carbocycles. The van der Waals surface area contributed by atoms with Crippen LogP contribution in [0.25, 0.3) is 26.9 Å². The maximum atomic E-state index is 13.0. The Morgan fingerprint density at radius 2 is 1.89 bits per heavy atom. The molecular formula is C27H25N3O4S2. The van der Waals surface area contributed by atoms with E-state index < -0.39 is 0 Å². The minimum atomic E-state index is -0.242. The molecule has 2 aromatic carbocycles. The predicted molar refractivity (Wildman–Crippen MR) is 145 cm³/mol. The number of anilines is 1. The Hall–Kier alpha value is -3.69. The van der Waals surface area contributed by atoms with Crippen molar-refractivity contribution in [3.63, 3.8) is 0 Å². The second-order valence-corrected chi connectivity index (χ2v) is 10.5. The Morgan fingerprint density at radius 1 is 1.08 bits per heavy atom. The summed E-state index contributed by atoms with van der Waals surface area (Å²) in [6.07, 6.45) is 3.97. The van der Waals surface area contributed by atoms with Gasteiger partial charge in [-0.3, -0.25) is 9.59 Å². The normalized spacial score (nSPS) is 13.1. The molecule has 0 radical (unpaired) electrons. The molecule has 5 rings (SSSR count). The second kappa shape index (κ2) is 10.1. The van der Waals surface area contributed by atoms with E-state index in [0.717, 1.165) is 48.2 Å². The summed E-state index contributed by atoms with van der Waals surface area (Å²) in [4.78, 5) is 32.8. The molecule has 0 bridgehead atoms. The van der Waals surface area contributed by atoms with Crippen molar-refractivity contribution < 1.29 is 19.1 Å². The molecule has 0 unspecified atom stereocenters. The number of methoxy groups -OCH3 is 2. The molecule has 36 heavy (non-hydrogen) atoms. The Bertz CT molecular complexity index is 1450. The van der Waals surface area contributed by atoms with Crippen molar-refractivity contribution in [2.24, 2.45) is 0 Å². The maximum absolute atomic E-state index is 13.0. The van der Waals surface area contributed by atoms with Crippen LogP contribution >= 0.6 is 22.7 Å². The number of fused-ring (bicyclic) bond motifs is 2. The van der Waals surface area contributed by atoms with Crippen LogP contribution in [-0.4, -0.2) is 42.5 Å². The van der Waals surface area contributed by atoms with Crippen LogP contribution in [0.2, 0.25) is 0 Å². The number of rotatable bonds is 6. The van der Waals surface area contributed by atoms with Crippen molar-refractivity contribution in [2.75, 3.05) is 26.1 Å². The molecule has 0 spiro atoms. The largest absolute Gasteiger partial charge is 0.493 e. The highest BCUT2D eigenvalue weighted by molar-refractivity contribution is 7.23. The summed E-state index contributed by atoms with van der Waals surface area (Å²) in [6.45, 7) is 2.79. The maximum Gasteiger partial charge on any atom is 0.249 e. The number of thiazole rings is 1. The number of hydrogen-bond donors (Lipinski definition) is 1. The highest BCUT2D eigenvalue weighted by atomic mass is 32.1. The van der Waals surface area contributed by atoms with E-state index in [1.165, 1.54) is 17.4 Å². The van der Waals surface area contributed by atoms with Gasteiger partial charge in [0.1, 0.15) is 10.0 Å². The first kappa shape index (κ1) is 24.0. The van der Waals surface area contributed by atoms with E-state index in [4.69, 9.17) is 14.5 Å². The standard InChI is InChI=1S/C27H25N3O4S2/c1-16(31)30-13-12-18-23(15-30)36-27(25(18)26-28-19-6-4-5-7-22(19)35-26)29-24(32)11-9-17-8-10-20(33-2)21(14-17)34-3/h4-11,14H,12-13,15H2,1-3H3,(H,29,32)/b11-9+. The minimum absolute atomic E-state index is 0.0547. The highest BCUT2D eigenvalue weighted by Crippen LogP contribution is 2.45. The zero-order valence-corrected chi connectivity index (χ0v) is 21.8. The van der Waals surface area contributed by atoms with Gasteiger partial charge in [0, 0.05) is 30.0 Å². The number of benzene rings is 2.